The summed E-state index contributed by atoms with van der Waals surface area (Å²) >= 11 is 0. The Kier molecular flexibility index (Phi) is 8.07. The van der Waals surface area contributed by atoms with Gasteiger partial charge in [0.15, 0.2) is 0 Å². The number of aryl methyl sites for hydroxylation is 1. The predicted octanol–water partition coefficient (Wildman–Crippen LogP) is 3.84. The number of methoxy groups -OCH3 is 1. The highest BCUT2D eigenvalue weighted by Gasteiger charge is 2.17. The van der Waals surface area contributed by atoms with Gasteiger partial charge in [-0.1, -0.05) is 18.2 Å². The molecule has 0 spiro atoms. The van der Waals surface area contributed by atoms with Crippen LogP contribution in [0.25, 0.3) is 0 Å². The second-order valence-corrected chi connectivity index (χ2v) is 6.91. The summed E-state index contributed by atoms with van der Waals surface area (Å²) in [6.45, 7) is 9.82. The third-order valence-electron chi connectivity index (χ3n) is 4.95. The Hall–Kier alpha value is -3.02. The lowest BCUT2D eigenvalue weighted by Gasteiger charge is -2.23. The van der Waals surface area contributed by atoms with E-state index in [2.05, 4.69) is 30.1 Å². The van der Waals surface area contributed by atoms with Crippen LogP contribution in [0.5, 0.6) is 5.75 Å². The topological polar surface area (TPSA) is 61.9 Å². The van der Waals surface area contributed by atoms with Crippen molar-refractivity contribution >= 4 is 23.2 Å². The smallest absolute Gasteiger partial charge is 0.244 e. The van der Waals surface area contributed by atoms with Gasteiger partial charge in [0.2, 0.25) is 11.8 Å². The number of rotatable bonds is 9. The van der Waals surface area contributed by atoms with Crippen LogP contribution in [-0.4, -0.2) is 43.5 Å². The molecular weight excluding hydrogens is 366 g/mol. The quantitative estimate of drug-likeness (QED) is 0.698. The van der Waals surface area contributed by atoms with Crippen LogP contribution in [-0.2, 0) is 16.1 Å². The lowest BCUT2D eigenvalue weighted by molar-refractivity contribution is -0.133. The van der Waals surface area contributed by atoms with Crippen LogP contribution >= 0.6 is 0 Å². The maximum absolute atomic E-state index is 12.6. The SMILES string of the molecule is CCN(CC)c1ccc(NC(=O)CN(Cc2ccccc2OC)C(C)=O)c(C)c1. The van der Waals surface area contributed by atoms with Crippen molar-refractivity contribution in [3.05, 3.63) is 53.6 Å². The molecule has 1 N–H and O–H groups in total. The van der Waals surface area contributed by atoms with Crippen LogP contribution in [0.2, 0.25) is 0 Å². The van der Waals surface area contributed by atoms with Gasteiger partial charge in [-0.25, -0.2) is 0 Å². The van der Waals surface area contributed by atoms with Crippen molar-refractivity contribution in [1.29, 1.82) is 0 Å². The fourth-order valence-corrected chi connectivity index (χ4v) is 3.25. The van der Waals surface area contributed by atoms with Gasteiger partial charge in [0, 0.05) is 43.5 Å². The first kappa shape index (κ1) is 22.3. The molecule has 0 aliphatic rings. The molecule has 0 unspecified atom stereocenters. The third kappa shape index (κ3) is 5.98. The molecule has 0 saturated carbocycles. The molecule has 0 aliphatic carbocycles. The van der Waals surface area contributed by atoms with Gasteiger partial charge in [-0.05, 0) is 50.6 Å². The number of anilines is 2. The minimum absolute atomic E-state index is 0.0232. The number of para-hydroxylation sites is 1. The summed E-state index contributed by atoms with van der Waals surface area (Å²) in [5.74, 6) is 0.301. The van der Waals surface area contributed by atoms with Gasteiger partial charge in [0.05, 0.1) is 7.11 Å². The van der Waals surface area contributed by atoms with Crippen molar-refractivity contribution in [2.24, 2.45) is 0 Å². The zero-order valence-electron chi connectivity index (χ0n) is 18.0. The number of carbonyl (C=O) groups excluding carboxylic acids is 2. The van der Waals surface area contributed by atoms with Crippen molar-refractivity contribution in [3.8, 4) is 5.75 Å². The Bertz CT molecular complexity index is 847. The fourth-order valence-electron chi connectivity index (χ4n) is 3.25. The highest BCUT2D eigenvalue weighted by Crippen LogP contribution is 2.23. The molecule has 0 heterocycles. The molecule has 2 aromatic carbocycles. The molecule has 0 saturated heterocycles. The van der Waals surface area contributed by atoms with Gasteiger partial charge in [-0.15, -0.1) is 0 Å². The zero-order valence-corrected chi connectivity index (χ0v) is 18.0. The summed E-state index contributed by atoms with van der Waals surface area (Å²) in [6, 6.07) is 13.5. The summed E-state index contributed by atoms with van der Waals surface area (Å²) in [6.07, 6.45) is 0. The minimum atomic E-state index is -0.228. The van der Waals surface area contributed by atoms with Crippen LogP contribution in [0.1, 0.15) is 31.9 Å². The molecular formula is C23H31N3O3. The molecule has 6 nitrogen and oxygen atoms in total. The molecule has 2 aromatic rings. The Morgan fingerprint density at radius 2 is 1.76 bits per heavy atom. The molecule has 0 radical (unpaired) electrons. The van der Waals surface area contributed by atoms with E-state index in [4.69, 9.17) is 4.74 Å². The number of ether oxygens (including phenoxy) is 1. The Morgan fingerprint density at radius 1 is 1.07 bits per heavy atom. The van der Waals surface area contributed by atoms with Gasteiger partial charge in [-0.2, -0.15) is 0 Å². The summed E-state index contributed by atoms with van der Waals surface area (Å²) in [7, 11) is 1.59. The molecule has 2 rings (SSSR count). The molecule has 0 bridgehead atoms. The Morgan fingerprint density at radius 3 is 2.34 bits per heavy atom. The number of hydrogen-bond acceptors (Lipinski definition) is 4. The number of carbonyl (C=O) groups is 2. The van der Waals surface area contributed by atoms with Crippen LogP contribution in [0.4, 0.5) is 11.4 Å². The molecule has 0 atom stereocenters. The van der Waals surface area contributed by atoms with Crippen molar-refractivity contribution in [3.63, 3.8) is 0 Å². The van der Waals surface area contributed by atoms with E-state index in [1.54, 1.807) is 7.11 Å². The second-order valence-electron chi connectivity index (χ2n) is 6.91. The molecule has 0 fully saturated rings. The molecule has 0 aromatic heterocycles. The molecule has 6 heteroatoms. The molecule has 2 amide bonds. The van der Waals surface area contributed by atoms with Gasteiger partial charge in [-0.3, -0.25) is 9.59 Å². The van der Waals surface area contributed by atoms with Crippen molar-refractivity contribution in [2.75, 3.05) is 37.0 Å². The van der Waals surface area contributed by atoms with Gasteiger partial charge in [0.25, 0.3) is 0 Å². The van der Waals surface area contributed by atoms with Gasteiger partial charge in [0.1, 0.15) is 12.3 Å². The number of benzene rings is 2. The lowest BCUT2D eigenvalue weighted by Crippen LogP contribution is -2.36. The standard InChI is InChI=1S/C23H31N3O3/c1-6-25(7-2)20-12-13-21(17(3)14-20)24-23(28)16-26(18(4)27)15-19-10-8-9-11-22(19)29-5/h8-14H,6-7,15-16H2,1-5H3,(H,24,28). The van der Waals surface area contributed by atoms with Crippen molar-refractivity contribution in [1.82, 2.24) is 4.90 Å². The van der Waals surface area contributed by atoms with E-state index in [0.29, 0.717) is 12.3 Å². The van der Waals surface area contributed by atoms with Crippen molar-refractivity contribution in [2.45, 2.75) is 34.2 Å². The van der Waals surface area contributed by atoms with Gasteiger partial charge >= 0.3 is 0 Å². The molecule has 29 heavy (non-hydrogen) atoms. The molecule has 0 aliphatic heterocycles. The van der Waals surface area contributed by atoms with Crippen LogP contribution < -0.4 is 15.0 Å². The van der Waals surface area contributed by atoms with E-state index in [9.17, 15) is 9.59 Å². The number of nitrogens with one attached hydrogen (secondary N) is 1. The zero-order chi connectivity index (χ0) is 21.4. The monoisotopic (exact) mass is 397 g/mol. The summed E-state index contributed by atoms with van der Waals surface area (Å²) < 4.78 is 5.35. The third-order valence-corrected chi connectivity index (χ3v) is 4.95. The average molecular weight is 398 g/mol. The fraction of sp³-hybridized carbons (Fsp3) is 0.391. The average Bonchev–Trinajstić information content (AvgIpc) is 2.70. The lowest BCUT2D eigenvalue weighted by atomic mass is 10.1. The number of nitrogens with zero attached hydrogens (tertiary/aromatic N) is 2. The maximum Gasteiger partial charge on any atom is 0.244 e. The van der Waals surface area contributed by atoms with Crippen LogP contribution in [0.15, 0.2) is 42.5 Å². The second kappa shape index (κ2) is 10.5. The Balaban J connectivity index is 2.08. The highest BCUT2D eigenvalue weighted by molar-refractivity contribution is 5.95. The summed E-state index contributed by atoms with van der Waals surface area (Å²) in [5.41, 5.74) is 3.73. The van der Waals surface area contributed by atoms with E-state index in [0.717, 1.165) is 35.6 Å². The van der Waals surface area contributed by atoms with Gasteiger partial charge < -0.3 is 19.9 Å². The molecule has 156 valence electrons. The van der Waals surface area contributed by atoms with Crippen molar-refractivity contribution < 1.29 is 14.3 Å². The largest absolute Gasteiger partial charge is 0.496 e. The van der Waals surface area contributed by atoms with E-state index in [1.165, 1.54) is 11.8 Å². The number of hydrogen-bond donors (Lipinski definition) is 1. The normalized spacial score (nSPS) is 10.4. The predicted molar refractivity (Wildman–Crippen MR) is 117 cm³/mol. The van der Waals surface area contributed by atoms with Crippen LogP contribution in [0.3, 0.4) is 0 Å². The highest BCUT2D eigenvalue weighted by atomic mass is 16.5. The minimum Gasteiger partial charge on any atom is -0.496 e. The Labute approximate surface area is 173 Å². The summed E-state index contributed by atoms with van der Waals surface area (Å²) in [5, 5.41) is 2.93. The number of amides is 2. The first-order valence-corrected chi connectivity index (χ1v) is 9.92. The van der Waals surface area contributed by atoms with E-state index in [-0.39, 0.29) is 18.4 Å². The van der Waals surface area contributed by atoms with E-state index >= 15 is 0 Å². The van der Waals surface area contributed by atoms with Crippen LogP contribution in [0, 0.1) is 6.92 Å². The van der Waals surface area contributed by atoms with E-state index < -0.39 is 0 Å². The maximum atomic E-state index is 12.6. The first-order chi connectivity index (χ1) is 13.9. The first-order valence-electron chi connectivity index (χ1n) is 9.92. The summed E-state index contributed by atoms with van der Waals surface area (Å²) in [4.78, 5) is 28.5. The van der Waals surface area contributed by atoms with E-state index in [1.807, 2.05) is 43.3 Å².